The van der Waals surface area contributed by atoms with Gasteiger partial charge in [0, 0.05) is 32.9 Å². The highest BCUT2D eigenvalue weighted by molar-refractivity contribution is 7.15. The van der Waals surface area contributed by atoms with Gasteiger partial charge in [-0.1, -0.05) is 17.7 Å². The fourth-order valence-corrected chi connectivity index (χ4v) is 5.75. The number of aryl methyl sites for hydroxylation is 1. The van der Waals surface area contributed by atoms with Crippen LogP contribution < -0.4 is 5.43 Å². The quantitative estimate of drug-likeness (QED) is 0.644. The third-order valence-corrected chi connectivity index (χ3v) is 7.33. The maximum absolute atomic E-state index is 12.7. The Morgan fingerprint density at radius 1 is 1.25 bits per heavy atom. The van der Waals surface area contributed by atoms with Crippen LogP contribution >= 0.6 is 22.9 Å². The number of aliphatic hydroxyl groups is 1. The molecule has 5 rings (SSSR count). The number of carboxylic acid groups (broad SMARTS) is 1. The van der Waals surface area contributed by atoms with Gasteiger partial charge in [-0.2, -0.15) is 0 Å². The molecule has 0 radical (unpaired) electrons. The molecule has 2 heterocycles. The molecule has 3 aromatic rings. The summed E-state index contributed by atoms with van der Waals surface area (Å²) in [4.78, 5) is 26.2. The number of fused-ring (bicyclic) bond motifs is 2. The summed E-state index contributed by atoms with van der Waals surface area (Å²) in [5.41, 5.74) is 1.85. The number of carboxylic acids is 1. The third kappa shape index (κ3) is 2.70. The van der Waals surface area contributed by atoms with Crippen molar-refractivity contribution in [2.45, 2.75) is 44.2 Å². The fraction of sp³-hybridized carbons (Fsp3) is 0.333. The Hall–Kier alpha value is -2.15. The predicted molar refractivity (Wildman–Crippen MR) is 110 cm³/mol. The largest absolute Gasteiger partial charge is 0.477 e. The van der Waals surface area contributed by atoms with Crippen molar-refractivity contribution in [3.63, 3.8) is 0 Å². The van der Waals surface area contributed by atoms with Crippen molar-refractivity contribution >= 4 is 39.8 Å². The first-order valence-electron chi connectivity index (χ1n) is 9.37. The molecule has 0 spiro atoms. The van der Waals surface area contributed by atoms with E-state index in [0.29, 0.717) is 15.9 Å². The van der Waals surface area contributed by atoms with E-state index >= 15 is 0 Å². The first kappa shape index (κ1) is 17.9. The van der Waals surface area contributed by atoms with Crippen molar-refractivity contribution in [2.75, 3.05) is 0 Å². The number of thiophene rings is 1. The van der Waals surface area contributed by atoms with Crippen LogP contribution in [0.1, 0.15) is 58.6 Å². The number of nitrogens with zero attached hydrogens (tertiary/aromatic N) is 1. The van der Waals surface area contributed by atoms with Gasteiger partial charge in [0.25, 0.3) is 0 Å². The van der Waals surface area contributed by atoms with Crippen LogP contribution in [0.15, 0.2) is 29.2 Å². The summed E-state index contributed by atoms with van der Waals surface area (Å²) in [5.74, 6) is -1.22. The lowest BCUT2D eigenvalue weighted by molar-refractivity contribution is 0.0695. The third-order valence-electron chi connectivity index (χ3n) is 5.64. The smallest absolute Gasteiger partial charge is 0.341 e. The fourth-order valence-electron chi connectivity index (χ4n) is 4.06. The van der Waals surface area contributed by atoms with Crippen molar-refractivity contribution in [1.82, 2.24) is 4.57 Å². The zero-order chi connectivity index (χ0) is 19.6. The molecule has 2 aliphatic carbocycles. The van der Waals surface area contributed by atoms with Crippen LogP contribution in [0.25, 0.3) is 21.3 Å². The number of hydrogen-bond donors (Lipinski definition) is 2. The molecule has 1 unspecified atom stereocenters. The van der Waals surface area contributed by atoms with Crippen LogP contribution in [0.3, 0.4) is 0 Å². The average molecular weight is 416 g/mol. The Morgan fingerprint density at radius 3 is 2.71 bits per heavy atom. The van der Waals surface area contributed by atoms with Crippen LogP contribution in [-0.4, -0.2) is 20.7 Å². The summed E-state index contributed by atoms with van der Waals surface area (Å²) in [6, 6.07) is 5.73. The van der Waals surface area contributed by atoms with Gasteiger partial charge in [0.1, 0.15) is 5.56 Å². The molecule has 0 amide bonds. The molecule has 0 aliphatic heterocycles. The lowest BCUT2D eigenvalue weighted by Gasteiger charge is -2.16. The molecule has 144 valence electrons. The van der Waals surface area contributed by atoms with Gasteiger partial charge >= 0.3 is 5.97 Å². The Morgan fingerprint density at radius 2 is 2.04 bits per heavy atom. The van der Waals surface area contributed by atoms with Gasteiger partial charge < -0.3 is 14.8 Å². The molecule has 28 heavy (non-hydrogen) atoms. The van der Waals surface area contributed by atoms with Crippen molar-refractivity contribution in [3.05, 3.63) is 55.6 Å². The molecule has 0 saturated heterocycles. The monoisotopic (exact) mass is 415 g/mol. The van der Waals surface area contributed by atoms with E-state index in [4.69, 9.17) is 11.6 Å². The van der Waals surface area contributed by atoms with Gasteiger partial charge in [0.15, 0.2) is 0 Å². The van der Waals surface area contributed by atoms with E-state index in [-0.39, 0.29) is 11.6 Å². The first-order chi connectivity index (χ1) is 13.5. The van der Waals surface area contributed by atoms with Crippen molar-refractivity contribution in [3.8, 4) is 10.4 Å². The molecular formula is C21H18ClNO4S. The Kier molecular flexibility index (Phi) is 4.12. The van der Waals surface area contributed by atoms with Gasteiger partial charge in [0.2, 0.25) is 5.43 Å². The van der Waals surface area contributed by atoms with E-state index in [0.717, 1.165) is 53.0 Å². The number of rotatable bonds is 3. The second-order valence-electron chi connectivity index (χ2n) is 7.55. The summed E-state index contributed by atoms with van der Waals surface area (Å²) in [6.45, 7) is 0. The average Bonchev–Trinajstić information content (AvgIpc) is 3.41. The number of hydrogen-bond acceptors (Lipinski definition) is 4. The molecule has 2 aromatic heterocycles. The standard InChI is InChI=1S/C21H18ClNO4S/c22-17-12(16-8-10-2-1-3-15(24)20(10)28-16)6-7-13-18(17)23(11-4-5-11)9-14(19(13)25)21(26)27/h6-9,11,15,24H,1-5H2,(H,26,27). The number of halogens is 1. The van der Waals surface area contributed by atoms with E-state index in [2.05, 4.69) is 6.07 Å². The first-order valence-corrected chi connectivity index (χ1v) is 10.6. The van der Waals surface area contributed by atoms with Gasteiger partial charge in [-0.3, -0.25) is 4.79 Å². The van der Waals surface area contributed by atoms with Gasteiger partial charge in [-0.05, 0) is 49.8 Å². The number of aromatic nitrogens is 1. The molecule has 1 aromatic carbocycles. The Balaban J connectivity index is 1.76. The van der Waals surface area contributed by atoms with Crippen LogP contribution in [0.2, 0.25) is 5.02 Å². The molecule has 0 bridgehead atoms. The summed E-state index contributed by atoms with van der Waals surface area (Å²) < 4.78 is 1.86. The normalized spacial score (nSPS) is 19.0. The zero-order valence-electron chi connectivity index (χ0n) is 14.9. The van der Waals surface area contributed by atoms with Crippen LogP contribution in [0, 0.1) is 0 Å². The molecule has 2 aliphatic rings. The number of pyridine rings is 1. The van der Waals surface area contributed by atoms with E-state index in [9.17, 15) is 19.8 Å². The second kappa shape index (κ2) is 6.44. The van der Waals surface area contributed by atoms with E-state index in [1.54, 1.807) is 23.5 Å². The molecule has 7 heteroatoms. The summed E-state index contributed by atoms with van der Waals surface area (Å²) in [5, 5.41) is 20.5. The van der Waals surface area contributed by atoms with Crippen LogP contribution in [-0.2, 0) is 6.42 Å². The topological polar surface area (TPSA) is 79.5 Å². The van der Waals surface area contributed by atoms with Gasteiger partial charge in [-0.15, -0.1) is 11.3 Å². The lowest BCUT2D eigenvalue weighted by atomic mass is 9.96. The number of aromatic carboxylic acids is 1. The number of benzene rings is 1. The van der Waals surface area contributed by atoms with E-state index < -0.39 is 17.5 Å². The van der Waals surface area contributed by atoms with Crippen molar-refractivity contribution < 1.29 is 15.0 Å². The van der Waals surface area contributed by atoms with Gasteiger partial charge in [-0.25, -0.2) is 4.79 Å². The highest BCUT2D eigenvalue weighted by Gasteiger charge is 2.29. The maximum Gasteiger partial charge on any atom is 0.341 e. The Bertz CT molecular complexity index is 1190. The molecule has 1 saturated carbocycles. The Labute approximate surface area is 169 Å². The minimum atomic E-state index is -1.22. The van der Waals surface area contributed by atoms with Crippen molar-refractivity contribution in [2.24, 2.45) is 0 Å². The zero-order valence-corrected chi connectivity index (χ0v) is 16.5. The highest BCUT2D eigenvalue weighted by Crippen LogP contribution is 2.45. The highest BCUT2D eigenvalue weighted by atomic mass is 35.5. The molecule has 1 fully saturated rings. The second-order valence-corrected chi connectivity index (χ2v) is 9.01. The van der Waals surface area contributed by atoms with E-state index in [1.165, 1.54) is 6.20 Å². The lowest BCUT2D eigenvalue weighted by Crippen LogP contribution is -2.19. The van der Waals surface area contributed by atoms with Crippen molar-refractivity contribution in [1.29, 1.82) is 0 Å². The molecule has 2 N–H and O–H groups in total. The number of carbonyl (C=O) groups is 1. The molecular weight excluding hydrogens is 398 g/mol. The minimum absolute atomic E-state index is 0.173. The van der Waals surface area contributed by atoms with E-state index in [1.807, 2.05) is 4.57 Å². The minimum Gasteiger partial charge on any atom is -0.477 e. The van der Waals surface area contributed by atoms with Gasteiger partial charge in [0.05, 0.1) is 16.6 Å². The SMILES string of the molecule is O=C(O)c1cn(C2CC2)c2c(Cl)c(-c3cc4c(s3)C(O)CCC4)ccc2c1=O. The summed E-state index contributed by atoms with van der Waals surface area (Å²) >= 11 is 8.34. The van der Waals surface area contributed by atoms with Crippen LogP contribution in [0.4, 0.5) is 0 Å². The van der Waals surface area contributed by atoms with Crippen LogP contribution in [0.5, 0.6) is 0 Å². The number of aliphatic hydroxyl groups excluding tert-OH is 1. The predicted octanol–water partition coefficient (Wildman–Crippen LogP) is 4.79. The summed E-state index contributed by atoms with van der Waals surface area (Å²) in [6.07, 6.45) is 5.58. The maximum atomic E-state index is 12.7. The molecule has 5 nitrogen and oxygen atoms in total. The molecule has 1 atom stereocenters. The summed E-state index contributed by atoms with van der Waals surface area (Å²) in [7, 11) is 0.